The lowest BCUT2D eigenvalue weighted by molar-refractivity contribution is -0.136. The second-order valence-corrected chi connectivity index (χ2v) is 6.42. The van der Waals surface area contributed by atoms with Crippen LogP contribution in [0.4, 0.5) is 0 Å². The number of nitrogens with zero attached hydrogens (tertiary/aromatic N) is 2. The molecule has 0 radical (unpaired) electrons. The van der Waals surface area contributed by atoms with Crippen molar-refractivity contribution >= 4 is 16.9 Å². The van der Waals surface area contributed by atoms with E-state index in [1.54, 1.807) is 0 Å². The molecule has 0 saturated heterocycles. The molecule has 1 aromatic carbocycles. The summed E-state index contributed by atoms with van der Waals surface area (Å²) in [5.74, 6) is -0.725. The summed E-state index contributed by atoms with van der Waals surface area (Å²) < 4.78 is 2.37. The average molecular weight is 300 g/mol. The van der Waals surface area contributed by atoms with Crippen LogP contribution in [0.1, 0.15) is 42.1 Å². The lowest BCUT2D eigenvalue weighted by atomic mass is 10.0. The number of hydrogen-bond donors (Lipinski definition) is 1. The summed E-state index contributed by atoms with van der Waals surface area (Å²) in [4.78, 5) is 13.3. The Morgan fingerprint density at radius 1 is 1.27 bits per heavy atom. The van der Waals surface area contributed by atoms with E-state index in [9.17, 15) is 4.79 Å². The fraction of sp³-hybridized carbons (Fsp3) is 0.500. The number of aromatic nitrogens is 1. The van der Waals surface area contributed by atoms with Crippen molar-refractivity contribution in [3.63, 3.8) is 0 Å². The third-order valence-corrected chi connectivity index (χ3v) is 4.69. The minimum absolute atomic E-state index is 0.197. The van der Waals surface area contributed by atoms with Gasteiger partial charge in [0.2, 0.25) is 0 Å². The fourth-order valence-corrected chi connectivity index (χ4v) is 3.67. The van der Waals surface area contributed by atoms with E-state index in [1.165, 1.54) is 33.3 Å². The highest BCUT2D eigenvalue weighted by Gasteiger charge is 2.21. The number of carbonyl (C=O) groups is 1. The van der Waals surface area contributed by atoms with E-state index < -0.39 is 5.97 Å². The van der Waals surface area contributed by atoms with E-state index in [4.69, 9.17) is 5.11 Å². The monoisotopic (exact) mass is 300 g/mol. The van der Waals surface area contributed by atoms with Crippen molar-refractivity contribution in [1.29, 1.82) is 0 Å². The molecule has 1 aromatic heterocycles. The van der Waals surface area contributed by atoms with Gasteiger partial charge in [0.1, 0.15) is 0 Å². The Kier molecular flexibility index (Phi) is 3.96. The highest BCUT2D eigenvalue weighted by atomic mass is 16.4. The molecule has 0 saturated carbocycles. The topological polar surface area (TPSA) is 45.5 Å². The van der Waals surface area contributed by atoms with Gasteiger partial charge in [-0.05, 0) is 55.6 Å². The Morgan fingerprint density at radius 3 is 2.59 bits per heavy atom. The van der Waals surface area contributed by atoms with E-state index in [0.717, 1.165) is 26.1 Å². The van der Waals surface area contributed by atoms with Gasteiger partial charge in [-0.1, -0.05) is 6.92 Å². The molecule has 1 N–H and O–H groups in total. The zero-order chi connectivity index (χ0) is 15.9. The summed E-state index contributed by atoms with van der Waals surface area (Å²) in [6.45, 7) is 7.30. The number of fused-ring (bicyclic) bond motifs is 2. The molecule has 0 amide bonds. The summed E-state index contributed by atoms with van der Waals surface area (Å²) in [6.07, 6.45) is 1.89. The summed E-state index contributed by atoms with van der Waals surface area (Å²) >= 11 is 0. The normalized spacial score (nSPS) is 14.7. The summed E-state index contributed by atoms with van der Waals surface area (Å²) in [5.41, 5.74) is 6.52. The minimum atomic E-state index is -0.725. The van der Waals surface area contributed by atoms with Crippen molar-refractivity contribution in [3.05, 3.63) is 34.5 Å². The Balaban J connectivity index is 2.14. The number of hydrogen-bond acceptors (Lipinski definition) is 2. The third kappa shape index (κ3) is 2.52. The summed E-state index contributed by atoms with van der Waals surface area (Å²) in [6, 6.07) is 4.62. The van der Waals surface area contributed by atoms with Gasteiger partial charge in [-0.15, -0.1) is 0 Å². The van der Waals surface area contributed by atoms with Crippen molar-refractivity contribution in [2.24, 2.45) is 0 Å². The SMILES string of the molecule is CCCn1c(C)c(CCC(=O)O)c2cc3c(cc21)CN(C)C3. The quantitative estimate of drug-likeness (QED) is 0.921. The van der Waals surface area contributed by atoms with Gasteiger partial charge in [0.15, 0.2) is 0 Å². The van der Waals surface area contributed by atoms with E-state index in [2.05, 4.69) is 42.5 Å². The second-order valence-electron chi connectivity index (χ2n) is 6.42. The second kappa shape index (κ2) is 5.76. The first-order valence-electron chi connectivity index (χ1n) is 8.05. The van der Waals surface area contributed by atoms with Crippen LogP contribution in [-0.4, -0.2) is 27.6 Å². The smallest absolute Gasteiger partial charge is 0.303 e. The van der Waals surface area contributed by atoms with Gasteiger partial charge < -0.3 is 9.67 Å². The first-order valence-corrected chi connectivity index (χ1v) is 8.05. The Hall–Kier alpha value is -1.81. The first kappa shape index (κ1) is 15.1. The van der Waals surface area contributed by atoms with Crippen molar-refractivity contribution in [3.8, 4) is 0 Å². The molecule has 2 heterocycles. The number of benzene rings is 1. The molecule has 1 aliphatic heterocycles. The van der Waals surface area contributed by atoms with Gasteiger partial charge in [-0.3, -0.25) is 9.69 Å². The van der Waals surface area contributed by atoms with Crippen LogP contribution in [0.2, 0.25) is 0 Å². The molecule has 0 aliphatic carbocycles. The Morgan fingerprint density at radius 2 is 1.95 bits per heavy atom. The van der Waals surface area contributed by atoms with Crippen LogP contribution < -0.4 is 0 Å². The van der Waals surface area contributed by atoms with Crippen LogP contribution in [0.5, 0.6) is 0 Å². The molecule has 4 nitrogen and oxygen atoms in total. The predicted octanol–water partition coefficient (Wildman–Crippen LogP) is 3.32. The van der Waals surface area contributed by atoms with E-state index in [0.29, 0.717) is 6.42 Å². The molecule has 0 fully saturated rings. The fourth-order valence-electron chi connectivity index (χ4n) is 3.67. The van der Waals surface area contributed by atoms with Gasteiger partial charge >= 0.3 is 5.97 Å². The van der Waals surface area contributed by atoms with Crippen LogP contribution in [0.15, 0.2) is 12.1 Å². The molecular formula is C18H24N2O2. The highest BCUT2D eigenvalue weighted by Crippen LogP contribution is 2.33. The van der Waals surface area contributed by atoms with Crippen LogP contribution in [-0.2, 0) is 30.8 Å². The number of carboxylic acid groups (broad SMARTS) is 1. The van der Waals surface area contributed by atoms with Gasteiger partial charge in [0, 0.05) is 42.7 Å². The number of aliphatic carboxylic acids is 1. The minimum Gasteiger partial charge on any atom is -0.481 e. The van der Waals surface area contributed by atoms with Crippen molar-refractivity contribution in [2.75, 3.05) is 7.05 Å². The predicted molar refractivity (Wildman–Crippen MR) is 88.1 cm³/mol. The highest BCUT2D eigenvalue weighted by molar-refractivity contribution is 5.87. The van der Waals surface area contributed by atoms with Crippen LogP contribution in [0.25, 0.3) is 10.9 Å². The van der Waals surface area contributed by atoms with Gasteiger partial charge in [0.25, 0.3) is 0 Å². The lowest BCUT2D eigenvalue weighted by Crippen LogP contribution is -2.07. The average Bonchev–Trinajstić information content (AvgIpc) is 2.93. The maximum absolute atomic E-state index is 11.0. The molecular weight excluding hydrogens is 276 g/mol. The van der Waals surface area contributed by atoms with Crippen LogP contribution >= 0.6 is 0 Å². The van der Waals surface area contributed by atoms with Gasteiger partial charge in [-0.25, -0.2) is 0 Å². The van der Waals surface area contributed by atoms with Crippen LogP contribution in [0.3, 0.4) is 0 Å². The summed E-state index contributed by atoms with van der Waals surface area (Å²) in [5, 5.41) is 10.3. The van der Waals surface area contributed by atoms with E-state index in [1.807, 2.05) is 0 Å². The Bertz CT molecular complexity index is 730. The number of rotatable bonds is 5. The summed E-state index contributed by atoms with van der Waals surface area (Å²) in [7, 11) is 2.14. The molecule has 4 heteroatoms. The largest absolute Gasteiger partial charge is 0.481 e. The van der Waals surface area contributed by atoms with Crippen molar-refractivity contribution < 1.29 is 9.90 Å². The molecule has 0 bridgehead atoms. The molecule has 0 atom stereocenters. The number of carboxylic acids is 1. The van der Waals surface area contributed by atoms with E-state index >= 15 is 0 Å². The standard InChI is InChI=1S/C18H24N2O2/c1-4-7-20-12(2)15(5-6-18(21)22)16-8-13-10-19(3)11-14(13)9-17(16)20/h8-9H,4-7,10-11H2,1-3H3,(H,21,22). The third-order valence-electron chi connectivity index (χ3n) is 4.69. The molecule has 3 rings (SSSR count). The molecule has 22 heavy (non-hydrogen) atoms. The molecule has 1 aliphatic rings. The van der Waals surface area contributed by atoms with Gasteiger partial charge in [0.05, 0.1) is 0 Å². The van der Waals surface area contributed by atoms with E-state index in [-0.39, 0.29) is 6.42 Å². The lowest BCUT2D eigenvalue weighted by Gasteiger charge is -2.07. The van der Waals surface area contributed by atoms with Gasteiger partial charge in [-0.2, -0.15) is 0 Å². The van der Waals surface area contributed by atoms with Crippen LogP contribution in [0, 0.1) is 6.92 Å². The zero-order valence-corrected chi connectivity index (χ0v) is 13.6. The maximum Gasteiger partial charge on any atom is 0.303 e. The molecule has 0 unspecified atom stereocenters. The number of aryl methyl sites for hydroxylation is 2. The van der Waals surface area contributed by atoms with Crippen molar-refractivity contribution in [1.82, 2.24) is 9.47 Å². The Labute approximate surface area is 131 Å². The molecule has 2 aromatic rings. The zero-order valence-electron chi connectivity index (χ0n) is 13.6. The molecule has 118 valence electrons. The first-order chi connectivity index (χ1) is 10.5. The maximum atomic E-state index is 11.0. The molecule has 0 spiro atoms. The van der Waals surface area contributed by atoms with Crippen molar-refractivity contribution in [2.45, 2.75) is 52.7 Å².